The number of hydrogen-bond donors (Lipinski definition) is 0. The van der Waals surface area contributed by atoms with E-state index in [0.717, 1.165) is 12.8 Å². The van der Waals surface area contributed by atoms with Crippen molar-refractivity contribution < 1.29 is 9.13 Å². The van der Waals surface area contributed by atoms with Gasteiger partial charge in [-0.3, -0.25) is 0 Å². The number of likely N-dealkylation sites (tertiary alicyclic amines) is 1. The Kier molecular flexibility index (Phi) is 3.92. The number of halogens is 1. The second-order valence-corrected chi connectivity index (χ2v) is 6.03. The van der Waals surface area contributed by atoms with E-state index >= 15 is 4.39 Å². The van der Waals surface area contributed by atoms with Crippen molar-refractivity contribution >= 4 is 0 Å². The fourth-order valence-electron chi connectivity index (χ4n) is 3.59. The number of hydrogen-bond acceptors (Lipinski definition) is 3. The van der Waals surface area contributed by atoms with Crippen molar-refractivity contribution in [3.8, 4) is 5.88 Å². The van der Waals surface area contributed by atoms with E-state index in [1.807, 2.05) is 6.07 Å². The average molecular weight is 278 g/mol. The van der Waals surface area contributed by atoms with Gasteiger partial charge in [-0.2, -0.15) is 0 Å². The lowest BCUT2D eigenvalue weighted by Crippen LogP contribution is -2.39. The number of alkyl halides is 1. The molecule has 20 heavy (non-hydrogen) atoms. The van der Waals surface area contributed by atoms with Crippen LogP contribution >= 0.6 is 0 Å². The predicted molar refractivity (Wildman–Crippen MR) is 76.6 cm³/mol. The van der Waals surface area contributed by atoms with Crippen LogP contribution in [-0.2, 0) is 5.67 Å². The number of methoxy groups -OCH3 is 1. The molecule has 1 saturated heterocycles. The summed E-state index contributed by atoms with van der Waals surface area (Å²) in [6, 6.07) is 4.16. The molecule has 0 radical (unpaired) electrons. The van der Waals surface area contributed by atoms with Crippen LogP contribution in [0.2, 0.25) is 0 Å². The zero-order valence-corrected chi connectivity index (χ0v) is 12.1. The van der Waals surface area contributed by atoms with Gasteiger partial charge in [0.15, 0.2) is 0 Å². The Morgan fingerprint density at radius 3 is 2.50 bits per heavy atom. The molecule has 3 rings (SSSR count). The van der Waals surface area contributed by atoms with Crippen LogP contribution in [0.15, 0.2) is 18.3 Å². The standard InChI is InChI=1S/C16H23FN2O/c1-20-15-5-4-13(12-18-15)16(17)8-6-14(7-9-16)19-10-2-3-11-19/h4-5,12,14H,2-3,6-11H2,1H3. The first-order valence-corrected chi connectivity index (χ1v) is 7.65. The lowest BCUT2D eigenvalue weighted by atomic mass is 9.79. The lowest BCUT2D eigenvalue weighted by Gasteiger charge is -2.38. The lowest BCUT2D eigenvalue weighted by molar-refractivity contribution is 0.0586. The normalized spacial score (nSPS) is 31.4. The van der Waals surface area contributed by atoms with Crippen molar-refractivity contribution in [2.24, 2.45) is 0 Å². The number of nitrogens with zero attached hydrogens (tertiary/aromatic N) is 2. The number of pyridine rings is 1. The van der Waals surface area contributed by atoms with E-state index in [9.17, 15) is 0 Å². The van der Waals surface area contributed by atoms with E-state index in [0.29, 0.717) is 30.3 Å². The van der Waals surface area contributed by atoms with Gasteiger partial charge in [-0.25, -0.2) is 9.37 Å². The summed E-state index contributed by atoms with van der Waals surface area (Å²) in [4.78, 5) is 6.69. The van der Waals surface area contributed by atoms with Gasteiger partial charge in [0.1, 0.15) is 5.67 Å². The van der Waals surface area contributed by atoms with Crippen molar-refractivity contribution in [1.82, 2.24) is 9.88 Å². The van der Waals surface area contributed by atoms with Gasteiger partial charge in [-0.15, -0.1) is 0 Å². The summed E-state index contributed by atoms with van der Waals surface area (Å²) in [5.41, 5.74) is -0.492. The first kappa shape index (κ1) is 13.8. The van der Waals surface area contributed by atoms with E-state index in [2.05, 4.69) is 9.88 Å². The SMILES string of the molecule is COc1ccc(C2(F)CCC(N3CCCC3)CC2)cn1. The molecule has 3 nitrogen and oxygen atoms in total. The summed E-state index contributed by atoms with van der Waals surface area (Å²) in [6.07, 6.45) is 7.39. The molecule has 0 amide bonds. The van der Waals surface area contributed by atoms with Gasteiger partial charge in [0.25, 0.3) is 0 Å². The highest BCUT2D eigenvalue weighted by Gasteiger charge is 2.39. The minimum atomic E-state index is -1.20. The summed E-state index contributed by atoms with van der Waals surface area (Å²) in [5.74, 6) is 0.545. The zero-order valence-electron chi connectivity index (χ0n) is 12.1. The maximum Gasteiger partial charge on any atom is 0.212 e. The fraction of sp³-hybridized carbons (Fsp3) is 0.688. The van der Waals surface area contributed by atoms with Crippen LogP contribution in [0.4, 0.5) is 4.39 Å². The minimum absolute atomic E-state index is 0.545. The Bertz CT molecular complexity index is 434. The molecule has 0 N–H and O–H groups in total. The Morgan fingerprint density at radius 2 is 1.95 bits per heavy atom. The molecular weight excluding hydrogens is 255 g/mol. The Hall–Kier alpha value is -1.16. The van der Waals surface area contributed by atoms with Crippen LogP contribution in [0.5, 0.6) is 5.88 Å². The van der Waals surface area contributed by atoms with Crippen LogP contribution in [-0.4, -0.2) is 36.1 Å². The molecule has 1 aliphatic heterocycles. The van der Waals surface area contributed by atoms with Gasteiger partial charge in [-0.1, -0.05) is 0 Å². The second-order valence-electron chi connectivity index (χ2n) is 6.03. The van der Waals surface area contributed by atoms with Gasteiger partial charge in [-0.05, 0) is 57.7 Å². The van der Waals surface area contributed by atoms with Crippen molar-refractivity contribution in [2.45, 2.75) is 50.2 Å². The number of aromatic nitrogens is 1. The molecule has 0 unspecified atom stereocenters. The third-order valence-electron chi connectivity index (χ3n) is 4.87. The van der Waals surface area contributed by atoms with Gasteiger partial charge >= 0.3 is 0 Å². The summed E-state index contributed by atoms with van der Waals surface area (Å²) < 4.78 is 20.1. The molecule has 110 valence electrons. The molecule has 2 fully saturated rings. The second kappa shape index (κ2) is 5.68. The highest BCUT2D eigenvalue weighted by molar-refractivity contribution is 5.24. The van der Waals surface area contributed by atoms with Crippen molar-refractivity contribution in [3.05, 3.63) is 23.9 Å². The largest absolute Gasteiger partial charge is 0.481 e. The fourth-order valence-corrected chi connectivity index (χ4v) is 3.59. The molecule has 0 bridgehead atoms. The van der Waals surface area contributed by atoms with Gasteiger partial charge in [0.05, 0.1) is 7.11 Å². The summed E-state index contributed by atoms with van der Waals surface area (Å²) in [7, 11) is 1.58. The van der Waals surface area contributed by atoms with E-state index < -0.39 is 5.67 Å². The maximum absolute atomic E-state index is 15.1. The highest BCUT2D eigenvalue weighted by Crippen LogP contribution is 2.42. The molecule has 2 heterocycles. The van der Waals surface area contributed by atoms with Crippen LogP contribution < -0.4 is 4.74 Å². The topological polar surface area (TPSA) is 25.4 Å². The van der Waals surface area contributed by atoms with E-state index in [-0.39, 0.29) is 0 Å². The van der Waals surface area contributed by atoms with Gasteiger partial charge in [0.2, 0.25) is 5.88 Å². The van der Waals surface area contributed by atoms with Gasteiger partial charge < -0.3 is 9.64 Å². The van der Waals surface area contributed by atoms with Gasteiger partial charge in [0, 0.05) is 23.9 Å². The van der Waals surface area contributed by atoms with Crippen LogP contribution in [0.3, 0.4) is 0 Å². The zero-order chi connectivity index (χ0) is 14.0. The molecule has 0 spiro atoms. The first-order chi connectivity index (χ1) is 9.71. The van der Waals surface area contributed by atoms with Crippen LogP contribution in [0, 0.1) is 0 Å². The van der Waals surface area contributed by atoms with Crippen molar-refractivity contribution in [1.29, 1.82) is 0 Å². The molecule has 1 aliphatic carbocycles. The van der Waals surface area contributed by atoms with Crippen molar-refractivity contribution in [2.75, 3.05) is 20.2 Å². The van der Waals surface area contributed by atoms with E-state index in [1.165, 1.54) is 25.9 Å². The minimum Gasteiger partial charge on any atom is -0.481 e. The summed E-state index contributed by atoms with van der Waals surface area (Å²) in [6.45, 7) is 2.40. The molecule has 1 aromatic rings. The first-order valence-electron chi connectivity index (χ1n) is 7.65. The maximum atomic E-state index is 15.1. The number of ether oxygens (including phenoxy) is 1. The summed E-state index contributed by atoms with van der Waals surface area (Å²) in [5, 5.41) is 0. The molecule has 0 aromatic carbocycles. The molecule has 1 saturated carbocycles. The van der Waals surface area contributed by atoms with E-state index in [1.54, 1.807) is 19.4 Å². The van der Waals surface area contributed by atoms with Crippen LogP contribution in [0.1, 0.15) is 44.1 Å². The van der Waals surface area contributed by atoms with Crippen molar-refractivity contribution in [3.63, 3.8) is 0 Å². The molecule has 4 heteroatoms. The quantitative estimate of drug-likeness (QED) is 0.848. The predicted octanol–water partition coefficient (Wildman–Crippen LogP) is 3.29. The van der Waals surface area contributed by atoms with Crippen LogP contribution in [0.25, 0.3) is 0 Å². The Morgan fingerprint density at radius 1 is 1.25 bits per heavy atom. The average Bonchev–Trinajstić information content (AvgIpc) is 3.02. The Labute approximate surface area is 120 Å². The highest BCUT2D eigenvalue weighted by atomic mass is 19.1. The Balaban J connectivity index is 1.65. The molecule has 0 atom stereocenters. The smallest absolute Gasteiger partial charge is 0.212 e. The third kappa shape index (κ3) is 2.66. The molecular formula is C16H23FN2O. The monoisotopic (exact) mass is 278 g/mol. The molecule has 1 aromatic heterocycles. The third-order valence-corrected chi connectivity index (χ3v) is 4.87. The molecule has 2 aliphatic rings. The number of rotatable bonds is 3. The summed E-state index contributed by atoms with van der Waals surface area (Å²) >= 11 is 0. The van der Waals surface area contributed by atoms with E-state index in [4.69, 9.17) is 4.74 Å².